The van der Waals surface area contributed by atoms with Gasteiger partial charge in [-0.1, -0.05) is 0 Å². The average Bonchev–Trinajstić information content (AvgIpc) is 2.92. The van der Waals surface area contributed by atoms with Crippen molar-refractivity contribution in [2.45, 2.75) is 40.2 Å². The van der Waals surface area contributed by atoms with E-state index >= 15 is 0 Å². The molecule has 2 aromatic heterocycles. The fourth-order valence-electron chi connectivity index (χ4n) is 3.08. The summed E-state index contributed by atoms with van der Waals surface area (Å²) < 4.78 is 21.5. The maximum atomic E-state index is 13.4. The molecule has 0 unspecified atom stereocenters. The minimum Gasteiger partial charge on any atom is -0.478 e. The number of pyridine rings is 1. The molecule has 0 amide bonds. The number of aryl methyl sites for hydroxylation is 3. The van der Waals surface area contributed by atoms with Crippen molar-refractivity contribution in [3.8, 4) is 17.1 Å². The third kappa shape index (κ3) is 3.31. The van der Waals surface area contributed by atoms with Crippen LogP contribution in [0.2, 0.25) is 0 Å². The molecule has 5 nitrogen and oxygen atoms in total. The zero-order valence-electron chi connectivity index (χ0n) is 16.0. The third-order valence-corrected chi connectivity index (χ3v) is 4.41. The van der Waals surface area contributed by atoms with E-state index in [1.165, 1.54) is 12.1 Å². The van der Waals surface area contributed by atoms with Gasteiger partial charge in [-0.05, 0) is 70.0 Å². The first-order chi connectivity index (χ1) is 12.2. The zero-order valence-corrected chi connectivity index (χ0v) is 16.0. The first-order valence-electron chi connectivity index (χ1n) is 8.47. The van der Waals surface area contributed by atoms with Crippen molar-refractivity contribution in [3.05, 3.63) is 58.9 Å². The van der Waals surface area contributed by atoms with Crippen molar-refractivity contribution in [2.75, 3.05) is 0 Å². The molecule has 136 valence electrons. The Balaban J connectivity index is 1.97. The number of rotatable bonds is 4. The van der Waals surface area contributed by atoms with Gasteiger partial charge in [0.25, 0.3) is 0 Å². The lowest BCUT2D eigenvalue weighted by atomic mass is 10.1. The Kier molecular flexibility index (Phi) is 4.52. The maximum absolute atomic E-state index is 13.4. The molecular weight excluding hydrogens is 331 g/mol. The molecule has 0 atom stereocenters. The summed E-state index contributed by atoms with van der Waals surface area (Å²) in [4.78, 5) is 4.31. The summed E-state index contributed by atoms with van der Waals surface area (Å²) in [6, 6.07) is 6.63. The number of hydrogen-bond acceptors (Lipinski definition) is 4. The molecule has 3 rings (SSSR count). The highest BCUT2D eigenvalue weighted by Gasteiger charge is 2.30. The van der Waals surface area contributed by atoms with Gasteiger partial charge in [-0.25, -0.2) is 4.39 Å². The summed E-state index contributed by atoms with van der Waals surface area (Å²) in [7, 11) is 1.89. The molecule has 0 aliphatic heterocycles. The van der Waals surface area contributed by atoms with Crippen molar-refractivity contribution in [1.82, 2.24) is 19.7 Å². The smallest absolute Gasteiger partial charge is 0.176 e. The van der Waals surface area contributed by atoms with Gasteiger partial charge in [0.1, 0.15) is 11.6 Å². The zero-order chi connectivity index (χ0) is 19.1. The average molecular weight is 354 g/mol. The SMILES string of the molecule is Cc1cc(C)c(OC(C)(C)c2nnc(-c3ccc(F)cc3C)n2C)cn1. The maximum Gasteiger partial charge on any atom is 0.176 e. The molecule has 0 aliphatic rings. The fraction of sp³-hybridized carbons (Fsp3) is 0.350. The normalized spacial score (nSPS) is 11.7. The number of aromatic nitrogens is 4. The highest BCUT2D eigenvalue weighted by molar-refractivity contribution is 5.60. The van der Waals surface area contributed by atoms with E-state index in [0.29, 0.717) is 17.4 Å². The van der Waals surface area contributed by atoms with E-state index in [1.807, 2.05) is 52.3 Å². The summed E-state index contributed by atoms with van der Waals surface area (Å²) >= 11 is 0. The van der Waals surface area contributed by atoms with Gasteiger partial charge < -0.3 is 9.30 Å². The lowest BCUT2D eigenvalue weighted by Gasteiger charge is -2.26. The Morgan fingerprint density at radius 3 is 2.42 bits per heavy atom. The van der Waals surface area contributed by atoms with E-state index in [1.54, 1.807) is 12.3 Å². The predicted octanol–water partition coefficient (Wildman–Crippen LogP) is 4.26. The first-order valence-corrected chi connectivity index (χ1v) is 8.47. The molecular formula is C20H23FN4O. The van der Waals surface area contributed by atoms with Gasteiger partial charge in [0.15, 0.2) is 17.2 Å². The quantitative estimate of drug-likeness (QED) is 0.703. The summed E-state index contributed by atoms with van der Waals surface area (Å²) in [5.41, 5.74) is 2.90. The number of halogens is 1. The Morgan fingerprint density at radius 1 is 1.04 bits per heavy atom. The molecule has 0 fully saturated rings. The van der Waals surface area contributed by atoms with E-state index in [9.17, 15) is 4.39 Å². The van der Waals surface area contributed by atoms with Crippen molar-refractivity contribution < 1.29 is 9.13 Å². The van der Waals surface area contributed by atoms with E-state index in [-0.39, 0.29) is 5.82 Å². The van der Waals surface area contributed by atoms with Crippen molar-refractivity contribution in [2.24, 2.45) is 7.05 Å². The fourth-order valence-corrected chi connectivity index (χ4v) is 3.08. The molecule has 0 bridgehead atoms. The van der Waals surface area contributed by atoms with Gasteiger partial charge in [-0.3, -0.25) is 4.98 Å². The van der Waals surface area contributed by atoms with Gasteiger partial charge >= 0.3 is 0 Å². The molecule has 1 aromatic carbocycles. The van der Waals surface area contributed by atoms with Crippen LogP contribution in [0, 0.1) is 26.6 Å². The largest absolute Gasteiger partial charge is 0.478 e. The molecule has 2 heterocycles. The van der Waals surface area contributed by atoms with Gasteiger partial charge in [0.05, 0.1) is 6.20 Å². The van der Waals surface area contributed by atoms with Gasteiger partial charge in [0.2, 0.25) is 0 Å². The molecule has 0 N–H and O–H groups in total. The molecule has 0 spiro atoms. The van der Waals surface area contributed by atoms with E-state index in [0.717, 1.165) is 22.4 Å². The Labute approximate surface area is 152 Å². The van der Waals surface area contributed by atoms with Crippen LogP contribution in [0.4, 0.5) is 4.39 Å². The highest BCUT2D eigenvalue weighted by Crippen LogP contribution is 2.31. The van der Waals surface area contributed by atoms with Gasteiger partial charge in [-0.2, -0.15) is 0 Å². The number of ether oxygens (including phenoxy) is 1. The standard InChI is InChI=1S/C20H23FN4O/c1-12-10-15(21)7-8-16(12)18-23-24-19(25(18)6)20(4,5)26-17-11-22-14(3)9-13(17)2/h7-11H,1-6H3. The lowest BCUT2D eigenvalue weighted by molar-refractivity contribution is 0.0935. The van der Waals surface area contributed by atoms with Crippen molar-refractivity contribution in [3.63, 3.8) is 0 Å². The minimum absolute atomic E-state index is 0.264. The number of nitrogens with zero attached hydrogens (tertiary/aromatic N) is 4. The topological polar surface area (TPSA) is 52.8 Å². The molecule has 3 aromatic rings. The molecule has 0 aliphatic carbocycles. The number of benzene rings is 1. The lowest BCUT2D eigenvalue weighted by Crippen LogP contribution is -2.29. The second-order valence-electron chi connectivity index (χ2n) is 7.07. The van der Waals surface area contributed by atoms with Crippen LogP contribution in [0.3, 0.4) is 0 Å². The Hall–Kier alpha value is -2.76. The highest BCUT2D eigenvalue weighted by atomic mass is 19.1. The third-order valence-electron chi connectivity index (χ3n) is 4.41. The molecule has 0 saturated heterocycles. The first kappa shape index (κ1) is 18.0. The summed E-state index contributed by atoms with van der Waals surface area (Å²) in [5.74, 6) is 1.80. The second-order valence-corrected chi connectivity index (χ2v) is 7.07. The van der Waals surface area contributed by atoms with E-state index in [4.69, 9.17) is 4.74 Å². The van der Waals surface area contributed by atoms with Gasteiger partial charge in [0, 0.05) is 18.3 Å². The van der Waals surface area contributed by atoms with Crippen LogP contribution in [0.15, 0.2) is 30.5 Å². The molecule has 26 heavy (non-hydrogen) atoms. The minimum atomic E-state index is -0.713. The van der Waals surface area contributed by atoms with Crippen LogP contribution < -0.4 is 4.74 Å². The summed E-state index contributed by atoms with van der Waals surface area (Å²) in [6.45, 7) is 9.68. The van der Waals surface area contributed by atoms with E-state index < -0.39 is 5.60 Å². The van der Waals surface area contributed by atoms with Crippen LogP contribution in [0.1, 0.15) is 36.5 Å². The van der Waals surface area contributed by atoms with Crippen LogP contribution in [-0.2, 0) is 12.6 Å². The Morgan fingerprint density at radius 2 is 1.77 bits per heavy atom. The predicted molar refractivity (Wildman–Crippen MR) is 98.5 cm³/mol. The molecule has 0 saturated carbocycles. The molecule has 6 heteroatoms. The monoisotopic (exact) mass is 354 g/mol. The summed E-state index contributed by atoms with van der Waals surface area (Å²) in [5, 5.41) is 8.66. The van der Waals surface area contributed by atoms with Crippen molar-refractivity contribution in [1.29, 1.82) is 0 Å². The summed E-state index contributed by atoms with van der Waals surface area (Å²) in [6.07, 6.45) is 1.73. The second kappa shape index (κ2) is 6.52. The van der Waals surface area contributed by atoms with Gasteiger partial charge in [-0.15, -0.1) is 10.2 Å². The van der Waals surface area contributed by atoms with Crippen LogP contribution in [0.25, 0.3) is 11.4 Å². The van der Waals surface area contributed by atoms with E-state index in [2.05, 4.69) is 15.2 Å². The van der Waals surface area contributed by atoms with Crippen LogP contribution in [-0.4, -0.2) is 19.7 Å². The Bertz CT molecular complexity index is 962. The number of hydrogen-bond donors (Lipinski definition) is 0. The molecule has 0 radical (unpaired) electrons. The van der Waals surface area contributed by atoms with Crippen molar-refractivity contribution >= 4 is 0 Å². The van der Waals surface area contributed by atoms with Crippen LogP contribution >= 0.6 is 0 Å². The van der Waals surface area contributed by atoms with Crippen LogP contribution in [0.5, 0.6) is 5.75 Å².